The number of fused-ring (bicyclic) bond motifs is 1. The van der Waals surface area contributed by atoms with E-state index in [0.29, 0.717) is 0 Å². The smallest absolute Gasteiger partial charge is 0.112 e. The predicted molar refractivity (Wildman–Crippen MR) is 83.0 cm³/mol. The molecule has 0 spiro atoms. The predicted octanol–water partition coefficient (Wildman–Crippen LogP) is 4.32. The summed E-state index contributed by atoms with van der Waals surface area (Å²) in [5.74, 6) is 0. The van der Waals surface area contributed by atoms with Crippen LogP contribution in [-0.2, 0) is 4.74 Å². The molecule has 2 nitrogen and oxygen atoms in total. The third-order valence-corrected chi connectivity index (χ3v) is 4.48. The van der Waals surface area contributed by atoms with Crippen molar-refractivity contribution in [3.63, 3.8) is 0 Å². The van der Waals surface area contributed by atoms with Gasteiger partial charge in [-0.1, -0.05) is 48.5 Å². The molecule has 2 aromatic carbocycles. The van der Waals surface area contributed by atoms with Crippen LogP contribution >= 0.6 is 11.3 Å². The maximum absolute atomic E-state index is 10.7. The molecule has 0 aliphatic rings. The average molecular weight is 284 g/mol. The molecule has 0 amide bonds. The van der Waals surface area contributed by atoms with Crippen molar-refractivity contribution in [1.29, 1.82) is 0 Å². The first-order chi connectivity index (χ1) is 9.81. The summed E-state index contributed by atoms with van der Waals surface area (Å²) in [6.07, 6.45) is -1.03. The number of thiophene rings is 1. The van der Waals surface area contributed by atoms with Crippen LogP contribution in [0.25, 0.3) is 10.1 Å². The summed E-state index contributed by atoms with van der Waals surface area (Å²) in [5.41, 5.74) is 1.91. The molecule has 2 unspecified atom stereocenters. The van der Waals surface area contributed by atoms with E-state index in [2.05, 4.69) is 12.1 Å². The minimum atomic E-state index is -0.676. The number of aliphatic hydroxyl groups is 1. The van der Waals surface area contributed by atoms with Crippen LogP contribution in [-0.4, -0.2) is 12.2 Å². The molecule has 0 radical (unpaired) electrons. The molecule has 0 saturated carbocycles. The fourth-order valence-corrected chi connectivity index (χ4v) is 3.45. The molecule has 0 aliphatic heterocycles. The van der Waals surface area contributed by atoms with E-state index in [9.17, 15) is 5.11 Å². The molecule has 0 bridgehead atoms. The van der Waals surface area contributed by atoms with Gasteiger partial charge in [-0.2, -0.15) is 0 Å². The van der Waals surface area contributed by atoms with Crippen molar-refractivity contribution in [2.24, 2.45) is 0 Å². The molecule has 1 heterocycles. The second-order valence-electron chi connectivity index (χ2n) is 4.70. The Labute approximate surface area is 122 Å². The summed E-state index contributed by atoms with van der Waals surface area (Å²) in [7, 11) is 1.63. The Morgan fingerprint density at radius 1 is 1.00 bits per heavy atom. The monoisotopic (exact) mass is 284 g/mol. The molecule has 0 fully saturated rings. The fraction of sp³-hybridized carbons (Fsp3) is 0.176. The number of benzene rings is 2. The zero-order valence-electron chi connectivity index (χ0n) is 11.2. The van der Waals surface area contributed by atoms with Crippen molar-refractivity contribution < 1.29 is 9.84 Å². The Morgan fingerprint density at radius 3 is 2.55 bits per heavy atom. The van der Waals surface area contributed by atoms with Crippen molar-refractivity contribution in [3.8, 4) is 0 Å². The summed E-state index contributed by atoms with van der Waals surface area (Å²) >= 11 is 1.65. The molecule has 0 aliphatic carbocycles. The number of ether oxygens (including phenoxy) is 1. The van der Waals surface area contributed by atoms with Gasteiger partial charge in [0.25, 0.3) is 0 Å². The van der Waals surface area contributed by atoms with Crippen LogP contribution in [0, 0.1) is 0 Å². The zero-order valence-corrected chi connectivity index (χ0v) is 12.0. The van der Waals surface area contributed by atoms with Crippen LogP contribution in [0.2, 0.25) is 0 Å². The number of aliphatic hydroxyl groups excluding tert-OH is 1. The third kappa shape index (κ3) is 2.36. The lowest BCUT2D eigenvalue weighted by atomic mass is 9.97. The summed E-state index contributed by atoms with van der Waals surface area (Å²) in [5, 5.41) is 13.9. The molecule has 0 saturated heterocycles. The zero-order chi connectivity index (χ0) is 13.9. The van der Waals surface area contributed by atoms with Crippen molar-refractivity contribution in [2.75, 3.05) is 7.11 Å². The lowest BCUT2D eigenvalue weighted by Gasteiger charge is -2.22. The molecule has 20 heavy (non-hydrogen) atoms. The van der Waals surface area contributed by atoms with Crippen LogP contribution in [0.5, 0.6) is 0 Å². The Morgan fingerprint density at radius 2 is 1.80 bits per heavy atom. The highest BCUT2D eigenvalue weighted by molar-refractivity contribution is 7.17. The van der Waals surface area contributed by atoms with E-state index in [1.165, 1.54) is 0 Å². The second kappa shape index (κ2) is 5.75. The Hall–Kier alpha value is -1.68. The first-order valence-electron chi connectivity index (χ1n) is 6.53. The summed E-state index contributed by atoms with van der Waals surface area (Å²) in [6, 6.07) is 17.9. The largest absolute Gasteiger partial charge is 0.385 e. The Kier molecular flexibility index (Phi) is 3.83. The lowest BCUT2D eigenvalue weighted by Crippen LogP contribution is -2.13. The van der Waals surface area contributed by atoms with E-state index < -0.39 is 6.10 Å². The topological polar surface area (TPSA) is 29.5 Å². The first kappa shape index (κ1) is 13.3. The van der Waals surface area contributed by atoms with Gasteiger partial charge in [-0.3, -0.25) is 0 Å². The van der Waals surface area contributed by atoms with E-state index in [1.807, 2.05) is 47.8 Å². The third-order valence-electron chi connectivity index (χ3n) is 3.50. The highest BCUT2D eigenvalue weighted by Crippen LogP contribution is 2.36. The van der Waals surface area contributed by atoms with E-state index in [-0.39, 0.29) is 6.10 Å². The minimum absolute atomic E-state index is 0.358. The van der Waals surface area contributed by atoms with E-state index in [1.54, 1.807) is 18.4 Å². The van der Waals surface area contributed by atoms with Gasteiger partial charge in [-0.25, -0.2) is 0 Å². The summed E-state index contributed by atoms with van der Waals surface area (Å²) < 4.78 is 6.66. The van der Waals surface area contributed by atoms with E-state index >= 15 is 0 Å². The van der Waals surface area contributed by atoms with Gasteiger partial charge in [-0.15, -0.1) is 11.3 Å². The standard InChI is InChI=1S/C17H16O2S/c1-19-16(12-6-3-2-4-7-12)15(18)14-9-5-8-13-10-11-20-17(13)14/h2-11,15-16,18H,1H3. The Bertz CT molecular complexity index is 690. The summed E-state index contributed by atoms with van der Waals surface area (Å²) in [6.45, 7) is 0. The minimum Gasteiger partial charge on any atom is -0.385 e. The molecule has 3 heteroatoms. The average Bonchev–Trinajstić information content (AvgIpc) is 2.97. The first-order valence-corrected chi connectivity index (χ1v) is 7.41. The van der Waals surface area contributed by atoms with Crippen LogP contribution in [0.1, 0.15) is 23.3 Å². The Balaban J connectivity index is 2.02. The molecule has 2 atom stereocenters. The van der Waals surface area contributed by atoms with Gasteiger partial charge >= 0.3 is 0 Å². The van der Waals surface area contributed by atoms with Gasteiger partial charge in [0.15, 0.2) is 0 Å². The molecule has 3 rings (SSSR count). The normalized spacial score (nSPS) is 14.3. The lowest BCUT2D eigenvalue weighted by molar-refractivity contribution is -0.0141. The van der Waals surface area contributed by atoms with Gasteiger partial charge in [-0.05, 0) is 22.4 Å². The van der Waals surface area contributed by atoms with Crippen molar-refractivity contribution in [3.05, 3.63) is 71.1 Å². The van der Waals surface area contributed by atoms with E-state index in [0.717, 1.165) is 21.2 Å². The molecule has 102 valence electrons. The van der Waals surface area contributed by atoms with Gasteiger partial charge in [0, 0.05) is 17.4 Å². The number of hydrogen-bond donors (Lipinski definition) is 1. The van der Waals surface area contributed by atoms with Crippen molar-refractivity contribution >= 4 is 21.4 Å². The van der Waals surface area contributed by atoms with Gasteiger partial charge < -0.3 is 9.84 Å². The quantitative estimate of drug-likeness (QED) is 0.773. The van der Waals surface area contributed by atoms with Crippen LogP contribution in [0.4, 0.5) is 0 Å². The molecular weight excluding hydrogens is 268 g/mol. The van der Waals surface area contributed by atoms with Gasteiger partial charge in [0.1, 0.15) is 12.2 Å². The number of methoxy groups -OCH3 is 1. The number of hydrogen-bond acceptors (Lipinski definition) is 3. The van der Waals surface area contributed by atoms with Crippen molar-refractivity contribution in [2.45, 2.75) is 12.2 Å². The van der Waals surface area contributed by atoms with Gasteiger partial charge in [0.2, 0.25) is 0 Å². The molecule has 1 aromatic heterocycles. The van der Waals surface area contributed by atoms with Crippen LogP contribution in [0.15, 0.2) is 60.0 Å². The molecule has 1 N–H and O–H groups in total. The number of rotatable bonds is 4. The van der Waals surface area contributed by atoms with Gasteiger partial charge in [0.05, 0.1) is 0 Å². The molecular formula is C17H16O2S. The van der Waals surface area contributed by atoms with Crippen LogP contribution < -0.4 is 0 Å². The highest BCUT2D eigenvalue weighted by Gasteiger charge is 2.24. The van der Waals surface area contributed by atoms with E-state index in [4.69, 9.17) is 4.74 Å². The maximum Gasteiger partial charge on any atom is 0.112 e. The maximum atomic E-state index is 10.7. The van der Waals surface area contributed by atoms with Crippen molar-refractivity contribution in [1.82, 2.24) is 0 Å². The summed E-state index contributed by atoms with van der Waals surface area (Å²) in [4.78, 5) is 0. The second-order valence-corrected chi connectivity index (χ2v) is 5.61. The molecule has 3 aromatic rings. The fourth-order valence-electron chi connectivity index (χ4n) is 2.50. The highest BCUT2D eigenvalue weighted by atomic mass is 32.1. The SMILES string of the molecule is COC(c1ccccc1)C(O)c1cccc2ccsc12. The van der Waals surface area contributed by atoms with Crippen LogP contribution in [0.3, 0.4) is 0 Å².